The highest BCUT2D eigenvalue weighted by Crippen LogP contribution is 2.47. The fourth-order valence-electron chi connectivity index (χ4n) is 3.09. The van der Waals surface area contributed by atoms with Crippen LogP contribution in [0.2, 0.25) is 0 Å². The summed E-state index contributed by atoms with van der Waals surface area (Å²) in [5.41, 5.74) is -4.10. The molecule has 128 valence electrons. The second kappa shape index (κ2) is 6.00. The number of halogens is 3. The molecule has 2 fully saturated rings. The SMILES string of the molecule is COC(=O)C1(C(F)(F)F)CCN(C(=O)C2(C#N)CCOCC2)C1. The number of ether oxygens (including phenoxy) is 2. The summed E-state index contributed by atoms with van der Waals surface area (Å²) in [7, 11) is 0.884. The van der Waals surface area contributed by atoms with Gasteiger partial charge in [-0.3, -0.25) is 9.59 Å². The zero-order valence-electron chi connectivity index (χ0n) is 12.6. The van der Waals surface area contributed by atoms with E-state index in [1.807, 2.05) is 6.07 Å². The second-order valence-corrected chi connectivity index (χ2v) is 5.85. The van der Waals surface area contributed by atoms with E-state index >= 15 is 0 Å². The van der Waals surface area contributed by atoms with Gasteiger partial charge in [0.15, 0.2) is 5.41 Å². The number of esters is 1. The number of rotatable bonds is 2. The van der Waals surface area contributed by atoms with Crippen molar-refractivity contribution in [2.24, 2.45) is 10.8 Å². The lowest BCUT2D eigenvalue weighted by Crippen LogP contribution is -2.51. The van der Waals surface area contributed by atoms with Gasteiger partial charge in [0.05, 0.1) is 13.2 Å². The molecule has 2 aliphatic rings. The van der Waals surface area contributed by atoms with E-state index in [4.69, 9.17) is 4.74 Å². The number of methoxy groups -OCH3 is 1. The van der Waals surface area contributed by atoms with Crippen LogP contribution in [0.15, 0.2) is 0 Å². The third kappa shape index (κ3) is 2.76. The molecule has 0 aromatic carbocycles. The summed E-state index contributed by atoms with van der Waals surface area (Å²) in [5, 5.41) is 9.35. The number of carbonyl (C=O) groups excluding carboxylic acids is 2. The van der Waals surface area contributed by atoms with Crippen LogP contribution < -0.4 is 0 Å². The van der Waals surface area contributed by atoms with Crippen molar-refractivity contribution in [1.29, 1.82) is 5.26 Å². The summed E-state index contributed by atoms with van der Waals surface area (Å²) in [6.07, 6.45) is -5.12. The molecule has 23 heavy (non-hydrogen) atoms. The van der Waals surface area contributed by atoms with Crippen LogP contribution in [-0.2, 0) is 19.1 Å². The van der Waals surface area contributed by atoms with E-state index < -0.39 is 41.8 Å². The molecule has 2 aliphatic heterocycles. The molecule has 0 aliphatic carbocycles. The number of hydrogen-bond acceptors (Lipinski definition) is 5. The van der Waals surface area contributed by atoms with Crippen molar-refractivity contribution in [3.8, 4) is 6.07 Å². The molecule has 1 unspecified atom stereocenters. The molecule has 1 amide bonds. The van der Waals surface area contributed by atoms with Crippen LogP contribution in [0.25, 0.3) is 0 Å². The fraction of sp³-hybridized carbons (Fsp3) is 0.786. The highest BCUT2D eigenvalue weighted by molar-refractivity contribution is 5.87. The monoisotopic (exact) mass is 334 g/mol. The van der Waals surface area contributed by atoms with Crippen LogP contribution in [0, 0.1) is 22.2 Å². The predicted molar refractivity (Wildman–Crippen MR) is 69.8 cm³/mol. The standard InChI is InChI=1S/C14H17F3N2O4/c1-22-11(21)13(14(15,16)17)2-5-19(9-13)10(20)12(8-18)3-6-23-7-4-12/h2-7,9H2,1H3. The molecule has 2 saturated heterocycles. The minimum Gasteiger partial charge on any atom is -0.468 e. The maximum atomic E-state index is 13.4. The summed E-state index contributed by atoms with van der Waals surface area (Å²) in [5.74, 6) is -2.07. The number of hydrogen-bond donors (Lipinski definition) is 0. The largest absolute Gasteiger partial charge is 0.468 e. The first-order chi connectivity index (χ1) is 10.7. The lowest BCUT2D eigenvalue weighted by atomic mass is 9.80. The molecule has 0 aromatic heterocycles. The number of amides is 1. The average molecular weight is 334 g/mol. The number of nitrogens with zero attached hydrogens (tertiary/aromatic N) is 2. The maximum Gasteiger partial charge on any atom is 0.406 e. The molecule has 0 N–H and O–H groups in total. The van der Waals surface area contributed by atoms with Gasteiger partial charge in [-0.1, -0.05) is 0 Å². The Hall–Kier alpha value is -1.82. The summed E-state index contributed by atoms with van der Waals surface area (Å²) >= 11 is 0. The molecule has 0 radical (unpaired) electrons. The first-order valence-corrected chi connectivity index (χ1v) is 7.16. The minimum atomic E-state index is -4.83. The van der Waals surface area contributed by atoms with E-state index in [0.29, 0.717) is 0 Å². The summed E-state index contributed by atoms with van der Waals surface area (Å²) in [4.78, 5) is 25.3. The Morgan fingerprint density at radius 1 is 1.26 bits per heavy atom. The van der Waals surface area contributed by atoms with Gasteiger partial charge in [0, 0.05) is 26.3 Å². The molecule has 0 bridgehead atoms. The van der Waals surface area contributed by atoms with E-state index in [9.17, 15) is 28.0 Å². The molecule has 2 heterocycles. The maximum absolute atomic E-state index is 13.4. The van der Waals surface area contributed by atoms with Gasteiger partial charge in [-0.15, -0.1) is 0 Å². The van der Waals surface area contributed by atoms with Crippen LogP contribution in [0.3, 0.4) is 0 Å². The van der Waals surface area contributed by atoms with Gasteiger partial charge in [-0.25, -0.2) is 0 Å². The van der Waals surface area contributed by atoms with Crippen molar-refractivity contribution in [2.75, 3.05) is 33.4 Å². The Kier molecular flexibility index (Phi) is 4.57. The van der Waals surface area contributed by atoms with Crippen molar-refractivity contribution >= 4 is 11.9 Å². The van der Waals surface area contributed by atoms with Crippen LogP contribution in [0.1, 0.15) is 19.3 Å². The van der Waals surface area contributed by atoms with Gasteiger partial charge < -0.3 is 14.4 Å². The lowest BCUT2D eigenvalue weighted by molar-refractivity contribution is -0.229. The van der Waals surface area contributed by atoms with E-state index in [1.165, 1.54) is 0 Å². The van der Waals surface area contributed by atoms with Crippen molar-refractivity contribution in [3.05, 3.63) is 0 Å². The zero-order valence-corrected chi connectivity index (χ0v) is 12.6. The number of nitriles is 1. The Morgan fingerprint density at radius 2 is 1.87 bits per heavy atom. The summed E-state index contributed by atoms with van der Waals surface area (Å²) in [6.45, 7) is -0.646. The van der Waals surface area contributed by atoms with Crippen LogP contribution in [-0.4, -0.2) is 56.4 Å². The Balaban J connectivity index is 2.25. The number of likely N-dealkylation sites (tertiary alicyclic amines) is 1. The molecular formula is C14H17F3N2O4. The van der Waals surface area contributed by atoms with Gasteiger partial charge in [0.1, 0.15) is 5.41 Å². The van der Waals surface area contributed by atoms with E-state index in [1.54, 1.807) is 0 Å². The van der Waals surface area contributed by atoms with Gasteiger partial charge in [0.25, 0.3) is 0 Å². The molecule has 0 aromatic rings. The summed E-state index contributed by atoms with van der Waals surface area (Å²) in [6, 6.07) is 1.93. The van der Waals surface area contributed by atoms with Crippen molar-refractivity contribution in [1.82, 2.24) is 4.90 Å². The smallest absolute Gasteiger partial charge is 0.406 e. The Morgan fingerprint density at radius 3 is 2.35 bits per heavy atom. The molecule has 9 heteroatoms. The van der Waals surface area contributed by atoms with Crippen molar-refractivity contribution < 1.29 is 32.2 Å². The first-order valence-electron chi connectivity index (χ1n) is 7.16. The third-order valence-electron chi connectivity index (χ3n) is 4.65. The zero-order chi connectivity index (χ0) is 17.3. The Bertz CT molecular complexity index is 537. The normalized spacial score (nSPS) is 27.3. The van der Waals surface area contributed by atoms with Crippen molar-refractivity contribution in [2.45, 2.75) is 25.4 Å². The van der Waals surface area contributed by atoms with Crippen LogP contribution in [0.4, 0.5) is 13.2 Å². The van der Waals surface area contributed by atoms with Crippen molar-refractivity contribution in [3.63, 3.8) is 0 Å². The quantitative estimate of drug-likeness (QED) is 0.710. The Labute approximate surface area is 131 Å². The molecule has 0 spiro atoms. The molecule has 0 saturated carbocycles. The summed E-state index contributed by atoms with van der Waals surface area (Å²) < 4.78 is 49.6. The van der Waals surface area contributed by atoms with Crippen LogP contribution in [0.5, 0.6) is 0 Å². The lowest BCUT2D eigenvalue weighted by Gasteiger charge is -2.34. The molecule has 1 atom stereocenters. The highest BCUT2D eigenvalue weighted by Gasteiger charge is 2.65. The van der Waals surface area contributed by atoms with Gasteiger partial charge in [0.2, 0.25) is 5.91 Å². The van der Waals surface area contributed by atoms with E-state index in [2.05, 4.69) is 4.74 Å². The third-order valence-corrected chi connectivity index (χ3v) is 4.65. The minimum absolute atomic E-state index is 0.135. The van der Waals surface area contributed by atoms with Gasteiger partial charge in [-0.05, 0) is 19.3 Å². The van der Waals surface area contributed by atoms with Gasteiger partial charge >= 0.3 is 12.1 Å². The van der Waals surface area contributed by atoms with E-state index in [0.717, 1.165) is 12.0 Å². The average Bonchev–Trinajstić information content (AvgIpc) is 3.00. The highest BCUT2D eigenvalue weighted by atomic mass is 19.4. The molecular weight excluding hydrogens is 317 g/mol. The number of carbonyl (C=O) groups is 2. The first kappa shape index (κ1) is 17.5. The molecule has 6 nitrogen and oxygen atoms in total. The second-order valence-electron chi connectivity index (χ2n) is 5.85. The van der Waals surface area contributed by atoms with E-state index in [-0.39, 0.29) is 32.6 Å². The predicted octanol–water partition coefficient (Wildman–Crippen LogP) is 1.26. The molecule has 2 rings (SSSR count). The fourth-order valence-corrected chi connectivity index (χ4v) is 3.09. The van der Waals surface area contributed by atoms with Gasteiger partial charge in [-0.2, -0.15) is 18.4 Å². The topological polar surface area (TPSA) is 79.6 Å². The van der Waals surface area contributed by atoms with Crippen LogP contribution >= 0.6 is 0 Å². The number of alkyl halides is 3.